The second-order valence-corrected chi connectivity index (χ2v) is 4.33. The van der Waals surface area contributed by atoms with Crippen molar-refractivity contribution in [2.45, 2.75) is 27.3 Å². The summed E-state index contributed by atoms with van der Waals surface area (Å²) in [6, 6.07) is 7.66. The van der Waals surface area contributed by atoms with Gasteiger partial charge in [-0.15, -0.1) is 0 Å². The lowest BCUT2D eigenvalue weighted by Crippen LogP contribution is -2.20. The van der Waals surface area contributed by atoms with Crippen molar-refractivity contribution in [2.75, 3.05) is 6.61 Å². The van der Waals surface area contributed by atoms with Crippen molar-refractivity contribution in [1.29, 1.82) is 0 Å². The van der Waals surface area contributed by atoms with Crippen LogP contribution < -0.4 is 0 Å². The number of hydrogen-bond donors (Lipinski definition) is 0. The average Bonchev–Trinajstić information content (AvgIpc) is 2.78. The van der Waals surface area contributed by atoms with Gasteiger partial charge in [0.15, 0.2) is 0 Å². The zero-order valence-electron chi connectivity index (χ0n) is 11.4. The maximum atomic E-state index is 12.1. The van der Waals surface area contributed by atoms with Gasteiger partial charge in [-0.1, -0.05) is 12.1 Å². The summed E-state index contributed by atoms with van der Waals surface area (Å²) in [5, 5.41) is 0.997. The molecule has 19 heavy (non-hydrogen) atoms. The summed E-state index contributed by atoms with van der Waals surface area (Å²) in [7, 11) is 0. The quantitative estimate of drug-likeness (QED) is 0.482. The molecule has 1 aromatic carbocycles. The summed E-state index contributed by atoms with van der Waals surface area (Å²) in [5.74, 6) is -1.38. The van der Waals surface area contributed by atoms with Gasteiger partial charge in [0.25, 0.3) is 5.78 Å². The highest BCUT2D eigenvalue weighted by atomic mass is 16.5. The highest BCUT2D eigenvalue weighted by molar-refractivity contribution is 6.40. The van der Waals surface area contributed by atoms with E-state index in [2.05, 4.69) is 0 Å². The highest BCUT2D eigenvalue weighted by Gasteiger charge is 2.23. The van der Waals surface area contributed by atoms with Crippen LogP contribution in [0.4, 0.5) is 0 Å². The number of fused-ring (bicyclic) bond motifs is 1. The molecule has 2 rings (SSSR count). The van der Waals surface area contributed by atoms with Crippen molar-refractivity contribution in [3.05, 3.63) is 35.5 Å². The van der Waals surface area contributed by atoms with Crippen LogP contribution in [0.2, 0.25) is 0 Å². The molecule has 0 amide bonds. The lowest BCUT2D eigenvalue weighted by molar-refractivity contribution is -0.137. The molecule has 0 unspecified atom stereocenters. The maximum absolute atomic E-state index is 12.1. The van der Waals surface area contributed by atoms with Crippen LogP contribution in [0, 0.1) is 6.92 Å². The molecule has 4 nitrogen and oxygen atoms in total. The first-order chi connectivity index (χ1) is 9.10. The number of aryl methyl sites for hydroxylation is 2. The van der Waals surface area contributed by atoms with E-state index in [-0.39, 0.29) is 6.61 Å². The van der Waals surface area contributed by atoms with Crippen LogP contribution in [0.15, 0.2) is 24.3 Å². The van der Waals surface area contributed by atoms with E-state index < -0.39 is 11.8 Å². The van der Waals surface area contributed by atoms with Crippen molar-refractivity contribution in [2.24, 2.45) is 0 Å². The zero-order chi connectivity index (χ0) is 14.0. The first-order valence-electron chi connectivity index (χ1n) is 6.40. The molecule has 0 aliphatic rings. The number of rotatable bonds is 4. The topological polar surface area (TPSA) is 48.3 Å². The first kappa shape index (κ1) is 13.3. The van der Waals surface area contributed by atoms with E-state index in [0.717, 1.165) is 16.5 Å². The molecule has 0 aliphatic carbocycles. The summed E-state index contributed by atoms with van der Waals surface area (Å²) in [5.41, 5.74) is 2.45. The van der Waals surface area contributed by atoms with E-state index in [9.17, 15) is 9.59 Å². The Morgan fingerprint density at radius 2 is 2.00 bits per heavy atom. The van der Waals surface area contributed by atoms with Gasteiger partial charge < -0.3 is 9.30 Å². The second-order valence-electron chi connectivity index (χ2n) is 4.33. The third-order valence-electron chi connectivity index (χ3n) is 3.17. The zero-order valence-corrected chi connectivity index (χ0v) is 11.4. The predicted octanol–water partition coefficient (Wildman–Crippen LogP) is 2.72. The molecule has 100 valence electrons. The fraction of sp³-hybridized carbons (Fsp3) is 0.333. The van der Waals surface area contributed by atoms with Gasteiger partial charge >= 0.3 is 5.97 Å². The molecular formula is C15H17NO3. The van der Waals surface area contributed by atoms with E-state index in [1.165, 1.54) is 0 Å². The molecule has 0 spiro atoms. The van der Waals surface area contributed by atoms with Gasteiger partial charge in [-0.2, -0.15) is 0 Å². The molecule has 2 aromatic rings. The van der Waals surface area contributed by atoms with Gasteiger partial charge in [0, 0.05) is 17.4 Å². The smallest absolute Gasteiger partial charge is 0.381 e. The van der Waals surface area contributed by atoms with E-state index in [4.69, 9.17) is 4.74 Å². The Hall–Kier alpha value is -2.10. The minimum atomic E-state index is -0.794. The van der Waals surface area contributed by atoms with Crippen LogP contribution >= 0.6 is 0 Å². The van der Waals surface area contributed by atoms with Crippen LogP contribution in [0.1, 0.15) is 29.9 Å². The fourth-order valence-electron chi connectivity index (χ4n) is 2.26. The molecule has 0 aliphatic heterocycles. The Morgan fingerprint density at radius 1 is 1.26 bits per heavy atom. The van der Waals surface area contributed by atoms with Crippen LogP contribution in [0.3, 0.4) is 0 Å². The molecule has 4 heteroatoms. The van der Waals surface area contributed by atoms with Crippen molar-refractivity contribution in [1.82, 2.24) is 4.57 Å². The Bertz CT molecular complexity index is 640. The lowest BCUT2D eigenvalue weighted by Gasteiger charge is -2.06. The number of carbonyl (C=O) groups excluding carboxylic acids is 2. The Labute approximate surface area is 112 Å². The number of benzene rings is 1. The number of aromatic nitrogens is 1. The molecule has 0 N–H and O–H groups in total. The van der Waals surface area contributed by atoms with E-state index in [1.807, 2.05) is 36.6 Å². The third kappa shape index (κ3) is 2.26. The number of carbonyl (C=O) groups is 2. The molecular weight excluding hydrogens is 242 g/mol. The van der Waals surface area contributed by atoms with Crippen LogP contribution in [0.5, 0.6) is 0 Å². The van der Waals surface area contributed by atoms with Gasteiger partial charge in [0.2, 0.25) is 0 Å². The number of hydrogen-bond acceptors (Lipinski definition) is 3. The van der Waals surface area contributed by atoms with Crippen LogP contribution in [-0.4, -0.2) is 22.9 Å². The number of ether oxygens (including phenoxy) is 1. The molecule has 0 radical (unpaired) electrons. The molecule has 1 heterocycles. The summed E-state index contributed by atoms with van der Waals surface area (Å²) in [6.45, 7) is 6.46. The monoisotopic (exact) mass is 259 g/mol. The first-order valence-corrected chi connectivity index (χ1v) is 6.40. The van der Waals surface area contributed by atoms with Gasteiger partial charge in [-0.25, -0.2) is 4.79 Å². The number of Topliss-reactive ketones (excluding diaryl/α,β-unsaturated/α-hetero) is 1. The molecule has 0 fully saturated rings. The summed E-state index contributed by atoms with van der Waals surface area (Å²) >= 11 is 0. The number of nitrogens with zero attached hydrogens (tertiary/aromatic N) is 1. The largest absolute Gasteiger partial charge is 0.460 e. The summed E-state index contributed by atoms with van der Waals surface area (Å²) in [4.78, 5) is 23.7. The molecule has 0 bridgehead atoms. The van der Waals surface area contributed by atoms with Crippen molar-refractivity contribution in [3.8, 4) is 0 Å². The van der Waals surface area contributed by atoms with Crippen LogP contribution in [0.25, 0.3) is 10.9 Å². The SMILES string of the molecule is CCOC(=O)C(=O)c1cc2c(C)cccc2n1CC. The van der Waals surface area contributed by atoms with Gasteiger partial charge in [0.05, 0.1) is 12.3 Å². The average molecular weight is 259 g/mol. The fourth-order valence-corrected chi connectivity index (χ4v) is 2.26. The van der Waals surface area contributed by atoms with Crippen molar-refractivity contribution < 1.29 is 14.3 Å². The van der Waals surface area contributed by atoms with Gasteiger partial charge in [-0.05, 0) is 38.5 Å². The molecule has 0 saturated heterocycles. The predicted molar refractivity (Wildman–Crippen MR) is 73.3 cm³/mol. The normalized spacial score (nSPS) is 10.7. The summed E-state index contributed by atoms with van der Waals surface area (Å²) < 4.78 is 6.63. The number of esters is 1. The standard InChI is InChI=1S/C15H17NO3/c1-4-16-12-8-6-7-10(3)11(12)9-13(16)14(17)15(18)19-5-2/h6-9H,4-5H2,1-3H3. The Balaban J connectivity index is 2.57. The molecule has 0 atom stereocenters. The van der Waals surface area contributed by atoms with Gasteiger partial charge in [0.1, 0.15) is 0 Å². The number of ketones is 1. The maximum Gasteiger partial charge on any atom is 0.381 e. The van der Waals surface area contributed by atoms with Gasteiger partial charge in [-0.3, -0.25) is 4.79 Å². The molecule has 1 aromatic heterocycles. The third-order valence-corrected chi connectivity index (χ3v) is 3.17. The van der Waals surface area contributed by atoms with E-state index >= 15 is 0 Å². The second kappa shape index (κ2) is 5.26. The lowest BCUT2D eigenvalue weighted by atomic mass is 10.1. The van der Waals surface area contributed by atoms with E-state index in [0.29, 0.717) is 12.2 Å². The van der Waals surface area contributed by atoms with Crippen LogP contribution in [-0.2, 0) is 16.1 Å². The van der Waals surface area contributed by atoms with Crippen molar-refractivity contribution >= 4 is 22.7 Å². The minimum Gasteiger partial charge on any atom is -0.460 e. The van der Waals surface area contributed by atoms with Crippen molar-refractivity contribution in [3.63, 3.8) is 0 Å². The minimum absolute atomic E-state index is 0.204. The summed E-state index contributed by atoms with van der Waals surface area (Å²) in [6.07, 6.45) is 0. The Morgan fingerprint density at radius 3 is 2.63 bits per heavy atom. The van der Waals surface area contributed by atoms with E-state index in [1.54, 1.807) is 13.0 Å². The highest BCUT2D eigenvalue weighted by Crippen LogP contribution is 2.23. The Kier molecular flexibility index (Phi) is 3.69. The molecule has 0 saturated carbocycles.